The molecule has 7 rings (SSSR count). The second kappa shape index (κ2) is 30.3. The van der Waals surface area contributed by atoms with Gasteiger partial charge in [-0.2, -0.15) is 18.3 Å². The maximum absolute atomic E-state index is 11.7. The summed E-state index contributed by atoms with van der Waals surface area (Å²) < 4.78 is 25.6. The molecule has 6 unspecified atom stereocenters. The van der Waals surface area contributed by atoms with Crippen LogP contribution in [0.1, 0.15) is 52.4 Å². The normalized spacial score (nSPS) is 18.2. The van der Waals surface area contributed by atoms with E-state index in [-0.39, 0.29) is 34.5 Å². The van der Waals surface area contributed by atoms with E-state index in [4.69, 9.17) is 9.47 Å². The lowest BCUT2D eigenvalue weighted by molar-refractivity contribution is -0.758. The number of hydrogen-bond donors (Lipinski definition) is 6. The molecule has 4 aliphatic rings. The highest BCUT2D eigenvalue weighted by Gasteiger charge is 2.29. The smallest absolute Gasteiger partial charge is 0.401 e. The second-order valence-corrected chi connectivity index (χ2v) is 19.2. The molecule has 4 heterocycles. The Kier molecular flexibility index (Phi) is 24.8. The molecular weight excluding hydrogens is 921 g/mol. The average molecular weight is 1010 g/mol. The monoisotopic (exact) mass is 1010 g/mol. The van der Waals surface area contributed by atoms with Crippen LogP contribution in [0, 0.1) is 22.3 Å². The van der Waals surface area contributed by atoms with Gasteiger partial charge in [0.1, 0.15) is 60.5 Å². The van der Waals surface area contributed by atoms with Gasteiger partial charge in [0.2, 0.25) is 37.9 Å². The Morgan fingerprint density at radius 2 is 0.945 bits per heavy atom. The lowest BCUT2D eigenvalue weighted by Crippen LogP contribution is -3.07. The van der Waals surface area contributed by atoms with E-state index in [1.165, 1.54) is 9.80 Å². The first kappa shape index (κ1) is 59.7. The molecule has 6 N–H and O–H groups in total. The molecule has 0 saturated heterocycles. The van der Waals surface area contributed by atoms with Crippen molar-refractivity contribution in [2.24, 2.45) is 0 Å². The minimum atomic E-state index is -0.713. The van der Waals surface area contributed by atoms with Crippen LogP contribution < -0.4 is 29.1 Å². The van der Waals surface area contributed by atoms with Crippen molar-refractivity contribution in [3.63, 3.8) is 0 Å². The van der Waals surface area contributed by atoms with Crippen molar-refractivity contribution in [3.8, 4) is 23.0 Å². The molecule has 0 aromatic heterocycles. The van der Waals surface area contributed by atoms with Gasteiger partial charge in [-0.05, 0) is 49.2 Å². The predicted molar refractivity (Wildman–Crippen MR) is 295 cm³/mol. The van der Waals surface area contributed by atoms with E-state index in [1.807, 2.05) is 112 Å². The van der Waals surface area contributed by atoms with Crippen LogP contribution in [0.15, 0.2) is 97.6 Å². The van der Waals surface area contributed by atoms with Crippen LogP contribution in [0.2, 0.25) is 0 Å². The molecule has 4 aliphatic heterocycles. The minimum Gasteiger partial charge on any atom is -0.457 e. The molecule has 0 bridgehead atoms. The summed E-state index contributed by atoms with van der Waals surface area (Å²) in [4.78, 5) is 6.64. The molecular formula is C57H89N10O6+5. The summed E-state index contributed by atoms with van der Waals surface area (Å²) in [7, 11) is 4.00. The summed E-state index contributed by atoms with van der Waals surface area (Å²) in [5, 5.41) is 43.4. The topological polar surface area (TPSA) is 133 Å². The number of rotatable bonds is 30. The summed E-state index contributed by atoms with van der Waals surface area (Å²) in [6, 6.07) is 23.3. The summed E-state index contributed by atoms with van der Waals surface area (Å²) >= 11 is 0. The lowest BCUT2D eigenvalue weighted by Gasteiger charge is -2.28. The van der Waals surface area contributed by atoms with Crippen LogP contribution in [-0.2, 0) is 0 Å². The highest BCUT2D eigenvalue weighted by atomic mass is 16.5. The first-order chi connectivity index (χ1) is 34.0. The van der Waals surface area contributed by atoms with E-state index >= 15 is 0 Å². The molecule has 0 radical (unpaired) electrons. The Morgan fingerprint density at radius 3 is 1.42 bits per heavy atom. The molecule has 0 aliphatic carbocycles. The number of ether oxygens (including phenoxy) is 2. The molecule has 73 heavy (non-hydrogen) atoms. The Morgan fingerprint density at radius 1 is 0.534 bits per heavy atom. The first-order valence-corrected chi connectivity index (χ1v) is 25.4. The van der Waals surface area contributed by atoms with Gasteiger partial charge in [0.15, 0.2) is 38.6 Å². The zero-order valence-corrected chi connectivity index (χ0v) is 44.9. The van der Waals surface area contributed by atoms with Gasteiger partial charge in [-0.15, -0.1) is 9.15 Å². The maximum atomic E-state index is 11.7. The van der Waals surface area contributed by atoms with Crippen molar-refractivity contribution >= 4 is 49.2 Å². The van der Waals surface area contributed by atoms with Gasteiger partial charge in [0.05, 0.1) is 26.2 Å². The van der Waals surface area contributed by atoms with Crippen molar-refractivity contribution in [1.29, 1.82) is 0 Å². The van der Waals surface area contributed by atoms with Gasteiger partial charge in [0.25, 0.3) is 0 Å². The quantitative estimate of drug-likeness (QED) is 0.0342. The van der Waals surface area contributed by atoms with E-state index in [9.17, 15) is 20.4 Å². The van der Waals surface area contributed by atoms with E-state index in [0.29, 0.717) is 56.5 Å². The van der Waals surface area contributed by atoms with Crippen molar-refractivity contribution in [3.05, 3.63) is 120 Å². The average Bonchev–Trinajstić information content (AvgIpc) is 4.19. The molecule has 16 heteroatoms. The molecule has 6 atom stereocenters. The maximum Gasteiger partial charge on any atom is 0.401 e. The number of nitrogens with one attached hydrogen (secondary N) is 2. The highest BCUT2D eigenvalue weighted by Crippen LogP contribution is 2.31. The summed E-state index contributed by atoms with van der Waals surface area (Å²) in [6.45, 7) is 12.3. The van der Waals surface area contributed by atoms with E-state index in [2.05, 4.69) is 88.7 Å². The van der Waals surface area contributed by atoms with Crippen LogP contribution in [0.3, 0.4) is 0 Å². The molecule has 0 spiro atoms. The van der Waals surface area contributed by atoms with Crippen LogP contribution in [0.25, 0.3) is 0 Å². The number of unbranched alkanes of at least 4 members (excludes halogenated alkanes) is 2. The Bertz CT molecular complexity index is 2450. The van der Waals surface area contributed by atoms with Crippen LogP contribution in [0.4, 0.5) is 11.4 Å². The zero-order valence-electron chi connectivity index (χ0n) is 44.9. The van der Waals surface area contributed by atoms with Crippen molar-refractivity contribution in [2.75, 3.05) is 102 Å². The number of nitrogens with zero attached hydrogens (tertiary/aromatic N) is 8. The Hall–Kier alpha value is -5.88. The lowest BCUT2D eigenvalue weighted by atomic mass is 10.2. The molecule has 16 nitrogen and oxygen atoms in total. The number of hydrogen-bond acceptors (Lipinski definition) is 8. The third-order valence-corrected chi connectivity index (χ3v) is 13.0. The molecule has 0 fully saturated rings. The van der Waals surface area contributed by atoms with Crippen molar-refractivity contribution in [1.82, 2.24) is 0 Å². The van der Waals surface area contributed by atoms with Crippen LogP contribution in [-0.4, -0.2) is 203 Å². The Labute approximate surface area is 436 Å². The second-order valence-electron chi connectivity index (χ2n) is 19.2. The SMILES string of the molecule is CCC(O)C[N+]1=CC[N+](CCCC[N+]2=C[N+](CC(O)CN(CC(O)C[N+]3=C[NH+](CCCC[NH+]4C=C[N+](CC(O)CC)=C4)C=C3)c3cccc(Oc4cccc(Oc5cccc(N(C)C)c5)c4)c3)=CC2)=C1.[CH3-].[CH3-].[CH3-]. The van der Waals surface area contributed by atoms with Gasteiger partial charge in [-0.3, -0.25) is 0 Å². The minimum absolute atomic E-state index is 0. The number of benzene rings is 3. The van der Waals surface area contributed by atoms with Gasteiger partial charge in [-0.25, -0.2) is 9.80 Å². The number of aliphatic hydroxyl groups is 4. The van der Waals surface area contributed by atoms with Gasteiger partial charge < -0.3 is 62.0 Å². The van der Waals surface area contributed by atoms with Crippen molar-refractivity contribution < 1.29 is 67.2 Å². The number of anilines is 2. The van der Waals surface area contributed by atoms with Gasteiger partial charge in [0, 0.05) is 69.4 Å². The Balaban J connectivity index is 0.00000385. The standard InChI is InChI=1S/C54H78N10O6.3CH3/c1-5-47(65)35-60-28-24-56(41-60)20-7-9-22-58-26-30-62(43-58)37-49(67)39-64(40-50(68)38-63-31-27-59(44-63)23-10-8-21-57-25-29-61(42-57)36-48(66)6-2)46-15-12-17-52(33-46)70-54-19-13-18-53(34-54)69-51-16-11-14-45(32-51)55(3)4;;;/h11-19,24,26,28-34,41-44,47-50,65-68H,5-10,20-23,25,27,35-40H2,1-4H3;3*1H3/q+6;3*-1/p+2. The fourth-order valence-electron chi connectivity index (χ4n) is 8.94. The zero-order chi connectivity index (χ0) is 49.2. The van der Waals surface area contributed by atoms with E-state index < -0.39 is 12.2 Å². The molecule has 0 amide bonds. The van der Waals surface area contributed by atoms with E-state index in [1.54, 1.807) is 0 Å². The third kappa shape index (κ3) is 19.5. The van der Waals surface area contributed by atoms with Crippen molar-refractivity contribution in [2.45, 2.75) is 76.8 Å². The third-order valence-electron chi connectivity index (χ3n) is 13.0. The van der Waals surface area contributed by atoms with Crippen LogP contribution >= 0.6 is 0 Å². The van der Waals surface area contributed by atoms with Gasteiger partial charge in [-0.1, -0.05) is 32.0 Å². The molecule has 0 saturated carbocycles. The van der Waals surface area contributed by atoms with Crippen LogP contribution in [0.5, 0.6) is 23.0 Å². The highest BCUT2D eigenvalue weighted by molar-refractivity contribution is 5.63. The number of quaternary nitrogens is 2. The largest absolute Gasteiger partial charge is 0.457 e. The molecule has 3 aromatic carbocycles. The molecule has 398 valence electrons. The predicted octanol–water partition coefficient (Wildman–Crippen LogP) is 2.41. The summed E-state index contributed by atoms with van der Waals surface area (Å²) in [6.07, 6.45) is 24.9. The first-order valence-electron chi connectivity index (χ1n) is 25.4. The number of aliphatic hydroxyl groups excluding tert-OH is 4. The fourth-order valence-corrected chi connectivity index (χ4v) is 8.94. The van der Waals surface area contributed by atoms with Gasteiger partial charge >= 0.3 is 25.4 Å². The van der Waals surface area contributed by atoms with E-state index in [0.717, 1.165) is 94.9 Å². The number of β-amino-alcohol motifs (C(OH)–C–C–N with tert-alkyl or cyclic N) is 4. The summed E-state index contributed by atoms with van der Waals surface area (Å²) in [5.74, 6) is 2.65. The molecule has 3 aromatic rings. The fraction of sp³-hybridized carbons (Fsp3) is 0.456. The summed E-state index contributed by atoms with van der Waals surface area (Å²) in [5.41, 5.74) is 1.88.